The number of halogens is 2. The smallest absolute Gasteiger partial charge is 0.405 e. The molecule has 10 nitrogen and oxygen atoms in total. The maximum absolute atomic E-state index is 15.3. The fraction of sp³-hybridized carbons (Fsp3) is 0.548. The Labute approximate surface area is 262 Å². The fourth-order valence-electron chi connectivity index (χ4n) is 7.14. The van der Waals surface area contributed by atoms with Gasteiger partial charge in [0.15, 0.2) is 0 Å². The number of benzene rings is 2. The van der Waals surface area contributed by atoms with Crippen LogP contribution in [0, 0.1) is 5.82 Å². The molecule has 2 heterocycles. The van der Waals surface area contributed by atoms with Crippen LogP contribution in [0.3, 0.4) is 0 Å². The number of amides is 2. The van der Waals surface area contributed by atoms with E-state index in [1.165, 1.54) is 12.1 Å². The van der Waals surface area contributed by atoms with Gasteiger partial charge in [-0.2, -0.15) is 4.31 Å². The molecule has 0 aromatic heterocycles. The number of hydrogen-bond donors (Lipinski definition) is 4. The van der Waals surface area contributed by atoms with E-state index in [4.69, 9.17) is 16.3 Å². The number of nitrogens with zero attached hydrogens (tertiary/aromatic N) is 1. The van der Waals surface area contributed by atoms with E-state index in [-0.39, 0.29) is 41.6 Å². The average Bonchev–Trinajstić information content (AvgIpc) is 3.11. The third kappa shape index (κ3) is 7.04. The molecule has 3 aliphatic rings. The number of ether oxygens (including phenoxy) is 1. The normalized spacial score (nSPS) is 28.8. The minimum Gasteiger partial charge on any atom is -0.465 e. The van der Waals surface area contributed by atoms with Crippen molar-refractivity contribution in [2.75, 3.05) is 31.3 Å². The van der Waals surface area contributed by atoms with Gasteiger partial charge < -0.3 is 25.8 Å². The van der Waals surface area contributed by atoms with Gasteiger partial charge in [0.25, 0.3) is 0 Å². The van der Waals surface area contributed by atoms with Crippen LogP contribution in [0.15, 0.2) is 42.5 Å². The van der Waals surface area contributed by atoms with E-state index in [9.17, 15) is 23.1 Å². The zero-order valence-electron chi connectivity index (χ0n) is 24.7. The number of carbonyl (C=O) groups excluding carboxylic acids is 1. The number of piperazine rings is 1. The highest BCUT2D eigenvalue weighted by molar-refractivity contribution is 7.89. The molecule has 2 aromatic rings. The molecule has 2 aliphatic heterocycles. The summed E-state index contributed by atoms with van der Waals surface area (Å²) in [5.41, 5.74) is 0.338. The van der Waals surface area contributed by atoms with E-state index >= 15 is 4.39 Å². The molecule has 44 heavy (non-hydrogen) atoms. The number of methoxy groups -OCH3 is 1. The summed E-state index contributed by atoms with van der Waals surface area (Å²) in [5.74, 6) is -1.04. The van der Waals surface area contributed by atoms with Crippen LogP contribution in [-0.2, 0) is 31.4 Å². The van der Waals surface area contributed by atoms with Crippen molar-refractivity contribution in [3.63, 3.8) is 0 Å². The molecule has 0 radical (unpaired) electrons. The lowest BCUT2D eigenvalue weighted by Crippen LogP contribution is -2.58. The molecule has 5 rings (SSSR count). The van der Waals surface area contributed by atoms with Gasteiger partial charge >= 0.3 is 6.09 Å². The lowest BCUT2D eigenvalue weighted by Gasteiger charge is -2.45. The molecule has 1 unspecified atom stereocenters. The van der Waals surface area contributed by atoms with Crippen LogP contribution < -0.4 is 16.0 Å². The van der Waals surface area contributed by atoms with Crippen LogP contribution in [0.1, 0.15) is 56.1 Å². The SMILES string of the molecule is COC1CCC(c2ccc(Cl)cc2)([C@H](NC(=O)O)C(=O)Nc2cccc(F)c2CC[C@H]2CN[C@@H]3CCCS(=O)(=O)N2C3)CC1. The molecule has 1 saturated carbocycles. The van der Waals surface area contributed by atoms with Gasteiger partial charge in [-0.1, -0.05) is 29.8 Å². The Morgan fingerprint density at radius 1 is 1.18 bits per heavy atom. The van der Waals surface area contributed by atoms with Gasteiger partial charge in [-0.15, -0.1) is 0 Å². The molecule has 13 heteroatoms. The molecule has 2 saturated heterocycles. The number of rotatable bonds is 9. The molecular formula is C31H40ClFN4O6S. The Morgan fingerprint density at radius 3 is 2.59 bits per heavy atom. The Balaban J connectivity index is 1.41. The van der Waals surface area contributed by atoms with E-state index in [0.29, 0.717) is 56.6 Å². The van der Waals surface area contributed by atoms with Crippen LogP contribution in [0.5, 0.6) is 0 Å². The molecule has 1 aliphatic carbocycles. The number of nitrogens with one attached hydrogen (secondary N) is 3. The topological polar surface area (TPSA) is 137 Å². The predicted molar refractivity (Wildman–Crippen MR) is 166 cm³/mol. The van der Waals surface area contributed by atoms with Crippen molar-refractivity contribution in [3.8, 4) is 0 Å². The Bertz CT molecular complexity index is 1450. The second kappa shape index (κ2) is 13.7. The molecular weight excluding hydrogens is 611 g/mol. The largest absolute Gasteiger partial charge is 0.465 e. The van der Waals surface area contributed by atoms with Crippen molar-refractivity contribution in [1.29, 1.82) is 0 Å². The minimum absolute atomic E-state index is 0.0173. The van der Waals surface area contributed by atoms with Gasteiger partial charge in [-0.25, -0.2) is 17.6 Å². The summed E-state index contributed by atoms with van der Waals surface area (Å²) in [6.07, 6.45) is 2.74. The van der Waals surface area contributed by atoms with Crippen molar-refractivity contribution >= 4 is 39.3 Å². The minimum atomic E-state index is -3.41. The summed E-state index contributed by atoms with van der Waals surface area (Å²) in [4.78, 5) is 26.1. The number of carboxylic acid groups (broad SMARTS) is 1. The highest BCUT2D eigenvalue weighted by Crippen LogP contribution is 2.44. The van der Waals surface area contributed by atoms with Gasteiger partial charge in [0.2, 0.25) is 15.9 Å². The summed E-state index contributed by atoms with van der Waals surface area (Å²) in [5, 5.41) is 19.1. The summed E-state index contributed by atoms with van der Waals surface area (Å²) < 4.78 is 48.3. The van der Waals surface area contributed by atoms with E-state index in [0.717, 1.165) is 12.0 Å². The van der Waals surface area contributed by atoms with Gasteiger partial charge in [0, 0.05) is 54.0 Å². The Kier molecular flexibility index (Phi) is 10.2. The molecule has 0 spiro atoms. The van der Waals surface area contributed by atoms with Crippen molar-refractivity contribution in [1.82, 2.24) is 14.9 Å². The number of anilines is 1. The van der Waals surface area contributed by atoms with Gasteiger partial charge in [0.1, 0.15) is 11.9 Å². The Hall–Kier alpha value is -2.77. The first-order valence-electron chi connectivity index (χ1n) is 15.1. The number of carbonyl (C=O) groups is 2. The van der Waals surface area contributed by atoms with Crippen LogP contribution >= 0.6 is 11.6 Å². The van der Waals surface area contributed by atoms with Crippen LogP contribution in [0.4, 0.5) is 14.9 Å². The van der Waals surface area contributed by atoms with Crippen LogP contribution in [-0.4, -0.2) is 80.0 Å². The number of fused-ring (bicyclic) bond motifs is 2. The third-order valence-corrected chi connectivity index (χ3v) is 11.7. The van der Waals surface area contributed by atoms with E-state index in [1.807, 2.05) is 12.1 Å². The second-order valence-electron chi connectivity index (χ2n) is 12.1. The van der Waals surface area contributed by atoms with Crippen molar-refractivity contribution < 1.29 is 32.2 Å². The number of hydrogen-bond acceptors (Lipinski definition) is 6. The van der Waals surface area contributed by atoms with Gasteiger partial charge in [0.05, 0.1) is 11.9 Å². The standard InChI is InChI=1S/C31H40ClFN4O6S/c1-43-24-13-15-31(16-14-24,20-7-9-21(32)10-8-20)28(36-30(39)40)29(38)35-27-6-2-5-26(33)25(27)12-11-23-18-34-22-4-3-17-44(41,42)37(23)19-22/h2,5-10,22-24,28,34,36H,3-4,11-19H2,1H3,(H,35,38)(H,39,40)/t22-,23+,24?,28-,31?/m1/s1. The first-order valence-corrected chi connectivity index (χ1v) is 17.1. The maximum atomic E-state index is 15.3. The zero-order chi connectivity index (χ0) is 31.5. The maximum Gasteiger partial charge on any atom is 0.405 e. The number of sulfonamides is 1. The fourth-order valence-corrected chi connectivity index (χ4v) is 9.07. The van der Waals surface area contributed by atoms with Crippen molar-refractivity contribution in [2.45, 2.75) is 81.0 Å². The van der Waals surface area contributed by atoms with Crippen LogP contribution in [0.25, 0.3) is 0 Å². The third-order valence-electron chi connectivity index (χ3n) is 9.53. The highest BCUT2D eigenvalue weighted by atomic mass is 35.5. The molecule has 240 valence electrons. The van der Waals surface area contributed by atoms with Gasteiger partial charge in [-0.05, 0) is 81.2 Å². The highest BCUT2D eigenvalue weighted by Gasteiger charge is 2.48. The van der Waals surface area contributed by atoms with Crippen LogP contribution in [0.2, 0.25) is 5.02 Å². The first kappa shape index (κ1) is 32.6. The van der Waals surface area contributed by atoms with E-state index in [1.54, 1.807) is 29.6 Å². The quantitative estimate of drug-likeness (QED) is 0.318. The first-order chi connectivity index (χ1) is 21.0. The van der Waals surface area contributed by atoms with Crippen molar-refractivity contribution in [2.24, 2.45) is 0 Å². The van der Waals surface area contributed by atoms with Crippen molar-refractivity contribution in [3.05, 3.63) is 64.4 Å². The Morgan fingerprint density at radius 2 is 1.91 bits per heavy atom. The molecule has 2 bridgehead atoms. The molecule has 4 N–H and O–H groups in total. The summed E-state index contributed by atoms with van der Waals surface area (Å²) in [7, 11) is -1.78. The summed E-state index contributed by atoms with van der Waals surface area (Å²) in [6, 6.07) is 10.00. The molecule has 3 fully saturated rings. The lowest BCUT2D eigenvalue weighted by atomic mass is 9.64. The average molecular weight is 651 g/mol. The second-order valence-corrected chi connectivity index (χ2v) is 14.5. The molecule has 4 atom stereocenters. The predicted octanol–water partition coefficient (Wildman–Crippen LogP) is 4.28. The summed E-state index contributed by atoms with van der Waals surface area (Å²) >= 11 is 6.16. The monoisotopic (exact) mass is 650 g/mol. The lowest BCUT2D eigenvalue weighted by molar-refractivity contribution is -0.120. The van der Waals surface area contributed by atoms with Gasteiger partial charge in [-0.3, -0.25) is 4.79 Å². The zero-order valence-corrected chi connectivity index (χ0v) is 26.3. The van der Waals surface area contributed by atoms with E-state index in [2.05, 4.69) is 16.0 Å². The molecule has 2 aromatic carbocycles. The summed E-state index contributed by atoms with van der Waals surface area (Å²) in [6.45, 7) is 0.865. The van der Waals surface area contributed by atoms with E-state index < -0.39 is 39.3 Å². The molecule has 2 amide bonds.